The zero-order valence-corrected chi connectivity index (χ0v) is 12.8. The third-order valence-corrected chi connectivity index (χ3v) is 3.18. The van der Waals surface area contributed by atoms with Gasteiger partial charge in [-0.1, -0.05) is 19.9 Å². The predicted octanol–water partition coefficient (Wildman–Crippen LogP) is 1.58. The molecule has 0 fully saturated rings. The van der Waals surface area contributed by atoms with Crippen LogP contribution in [0.5, 0.6) is 0 Å². The van der Waals surface area contributed by atoms with Crippen molar-refractivity contribution in [1.82, 2.24) is 19.9 Å². The van der Waals surface area contributed by atoms with Gasteiger partial charge in [0.1, 0.15) is 11.5 Å². The summed E-state index contributed by atoms with van der Waals surface area (Å²) in [6.45, 7) is 5.02. The highest BCUT2D eigenvalue weighted by atomic mass is 16.2. The number of nitrogens with one attached hydrogen (secondary N) is 1. The number of aryl methyl sites for hydroxylation is 1. The molecule has 0 aromatic carbocycles. The first-order valence-corrected chi connectivity index (χ1v) is 7.34. The number of hydrogen-bond acceptors (Lipinski definition) is 4. The number of amides is 1. The number of nitrogens with zero attached hydrogens (tertiary/aromatic N) is 3. The summed E-state index contributed by atoms with van der Waals surface area (Å²) in [6, 6.07) is 6.65. The van der Waals surface area contributed by atoms with Gasteiger partial charge in [0, 0.05) is 37.5 Å². The summed E-state index contributed by atoms with van der Waals surface area (Å²) >= 11 is 0. The SMILES string of the molecule is CC(C)c1nccc(C(=O)NCCCn2ccccc2=O)n1. The van der Waals surface area contributed by atoms with E-state index in [9.17, 15) is 9.59 Å². The Labute approximate surface area is 129 Å². The Morgan fingerprint density at radius 2 is 2.14 bits per heavy atom. The Kier molecular flexibility index (Phi) is 5.41. The normalized spacial score (nSPS) is 10.7. The molecule has 0 aliphatic carbocycles. The molecule has 1 N–H and O–H groups in total. The van der Waals surface area contributed by atoms with Gasteiger partial charge in [0.05, 0.1) is 0 Å². The topological polar surface area (TPSA) is 76.9 Å². The van der Waals surface area contributed by atoms with Gasteiger partial charge in [-0.3, -0.25) is 9.59 Å². The third kappa shape index (κ3) is 4.25. The lowest BCUT2D eigenvalue weighted by molar-refractivity contribution is 0.0947. The van der Waals surface area contributed by atoms with Gasteiger partial charge >= 0.3 is 0 Å². The van der Waals surface area contributed by atoms with E-state index < -0.39 is 0 Å². The largest absolute Gasteiger partial charge is 0.351 e. The lowest BCUT2D eigenvalue weighted by atomic mass is 10.2. The molecule has 6 nitrogen and oxygen atoms in total. The number of rotatable bonds is 6. The van der Waals surface area contributed by atoms with Crippen LogP contribution in [0.2, 0.25) is 0 Å². The molecule has 0 spiro atoms. The maximum atomic E-state index is 12.0. The molecule has 2 rings (SSSR count). The van der Waals surface area contributed by atoms with Gasteiger partial charge in [0.2, 0.25) is 5.56 Å². The highest BCUT2D eigenvalue weighted by Crippen LogP contribution is 2.08. The van der Waals surface area contributed by atoms with Gasteiger partial charge in [-0.25, -0.2) is 9.97 Å². The lowest BCUT2D eigenvalue weighted by Crippen LogP contribution is -2.27. The molecule has 0 saturated carbocycles. The average molecular weight is 300 g/mol. The molecule has 0 bridgehead atoms. The van der Waals surface area contributed by atoms with Crippen LogP contribution in [0.3, 0.4) is 0 Å². The van der Waals surface area contributed by atoms with Crippen LogP contribution in [0.25, 0.3) is 0 Å². The molecule has 2 heterocycles. The van der Waals surface area contributed by atoms with Crippen LogP contribution in [0, 0.1) is 0 Å². The fourth-order valence-electron chi connectivity index (χ4n) is 1.97. The second kappa shape index (κ2) is 7.49. The van der Waals surface area contributed by atoms with Crippen molar-refractivity contribution >= 4 is 5.91 Å². The quantitative estimate of drug-likeness (QED) is 0.822. The van der Waals surface area contributed by atoms with Crippen molar-refractivity contribution in [1.29, 1.82) is 0 Å². The van der Waals surface area contributed by atoms with Gasteiger partial charge in [-0.15, -0.1) is 0 Å². The summed E-state index contributed by atoms with van der Waals surface area (Å²) in [7, 11) is 0. The molecule has 0 radical (unpaired) electrons. The van der Waals surface area contributed by atoms with Crippen LogP contribution < -0.4 is 10.9 Å². The Bertz CT molecular complexity index is 694. The summed E-state index contributed by atoms with van der Waals surface area (Å²) in [6.07, 6.45) is 4.02. The van der Waals surface area contributed by atoms with E-state index in [1.165, 1.54) is 6.07 Å². The minimum Gasteiger partial charge on any atom is -0.351 e. The molecule has 2 aromatic heterocycles. The summed E-state index contributed by atoms with van der Waals surface area (Å²) in [4.78, 5) is 31.9. The molecule has 0 aliphatic rings. The molecule has 0 atom stereocenters. The average Bonchev–Trinajstić information content (AvgIpc) is 2.53. The minimum absolute atomic E-state index is 0.0359. The van der Waals surface area contributed by atoms with Crippen LogP contribution in [0.1, 0.15) is 42.5 Å². The zero-order valence-electron chi connectivity index (χ0n) is 12.8. The Hall–Kier alpha value is -2.50. The van der Waals surface area contributed by atoms with Gasteiger partial charge in [0.25, 0.3) is 5.91 Å². The van der Waals surface area contributed by atoms with Crippen LogP contribution in [-0.4, -0.2) is 27.0 Å². The summed E-state index contributed by atoms with van der Waals surface area (Å²) in [5, 5.41) is 2.81. The van der Waals surface area contributed by atoms with Gasteiger partial charge in [-0.2, -0.15) is 0 Å². The van der Waals surface area contributed by atoms with Crippen LogP contribution in [0.15, 0.2) is 41.5 Å². The number of carbonyl (C=O) groups excluding carboxylic acids is 1. The second-order valence-electron chi connectivity index (χ2n) is 5.30. The third-order valence-electron chi connectivity index (χ3n) is 3.18. The fraction of sp³-hybridized carbons (Fsp3) is 0.375. The Morgan fingerprint density at radius 3 is 2.86 bits per heavy atom. The highest BCUT2D eigenvalue weighted by molar-refractivity contribution is 5.92. The van der Waals surface area contributed by atoms with E-state index in [1.54, 1.807) is 29.1 Å². The summed E-state index contributed by atoms with van der Waals surface area (Å²) in [5.41, 5.74) is 0.335. The van der Waals surface area contributed by atoms with Gasteiger partial charge < -0.3 is 9.88 Å². The smallest absolute Gasteiger partial charge is 0.270 e. The molecule has 0 unspecified atom stereocenters. The van der Waals surface area contributed by atoms with Crippen molar-refractivity contribution in [2.24, 2.45) is 0 Å². The van der Waals surface area contributed by atoms with Crippen molar-refractivity contribution < 1.29 is 4.79 Å². The van der Waals surface area contributed by atoms with Crippen molar-refractivity contribution in [3.8, 4) is 0 Å². The van der Waals surface area contributed by atoms with E-state index >= 15 is 0 Å². The monoisotopic (exact) mass is 300 g/mol. The first-order valence-electron chi connectivity index (χ1n) is 7.34. The van der Waals surface area contributed by atoms with E-state index in [1.807, 2.05) is 19.9 Å². The van der Waals surface area contributed by atoms with E-state index in [4.69, 9.17) is 0 Å². The molecule has 1 amide bonds. The van der Waals surface area contributed by atoms with E-state index in [2.05, 4.69) is 15.3 Å². The first-order chi connectivity index (χ1) is 10.6. The van der Waals surface area contributed by atoms with E-state index in [-0.39, 0.29) is 17.4 Å². The molecular formula is C16H20N4O2. The van der Waals surface area contributed by atoms with Crippen LogP contribution in [-0.2, 0) is 6.54 Å². The standard InChI is InChI=1S/C16H20N4O2/c1-12(2)15-17-9-7-13(19-15)16(22)18-8-5-11-20-10-4-3-6-14(20)21/h3-4,6-7,9-10,12H,5,8,11H2,1-2H3,(H,18,22). The van der Waals surface area contributed by atoms with Crippen molar-refractivity contribution in [3.63, 3.8) is 0 Å². The summed E-state index contributed by atoms with van der Waals surface area (Å²) < 4.78 is 1.62. The van der Waals surface area contributed by atoms with Gasteiger partial charge in [0.15, 0.2) is 0 Å². The van der Waals surface area contributed by atoms with Crippen LogP contribution in [0.4, 0.5) is 0 Å². The van der Waals surface area contributed by atoms with E-state index in [0.717, 1.165) is 0 Å². The molecule has 0 aliphatic heterocycles. The molecule has 22 heavy (non-hydrogen) atoms. The number of aromatic nitrogens is 3. The highest BCUT2D eigenvalue weighted by Gasteiger charge is 2.09. The van der Waals surface area contributed by atoms with Crippen molar-refractivity contribution in [3.05, 3.63) is 58.5 Å². The fourth-order valence-corrected chi connectivity index (χ4v) is 1.97. The Morgan fingerprint density at radius 1 is 1.32 bits per heavy atom. The maximum Gasteiger partial charge on any atom is 0.270 e. The molecule has 116 valence electrons. The van der Waals surface area contributed by atoms with Crippen molar-refractivity contribution in [2.75, 3.05) is 6.54 Å². The van der Waals surface area contributed by atoms with Crippen LogP contribution >= 0.6 is 0 Å². The minimum atomic E-state index is -0.218. The first kappa shape index (κ1) is 15.9. The maximum absolute atomic E-state index is 12.0. The predicted molar refractivity (Wildman–Crippen MR) is 83.8 cm³/mol. The molecule has 6 heteroatoms. The second-order valence-corrected chi connectivity index (χ2v) is 5.30. The molecular weight excluding hydrogens is 280 g/mol. The van der Waals surface area contributed by atoms with Crippen molar-refractivity contribution in [2.45, 2.75) is 32.7 Å². The number of carbonyl (C=O) groups is 1. The molecule has 0 saturated heterocycles. The van der Waals surface area contributed by atoms with E-state index in [0.29, 0.717) is 31.0 Å². The van der Waals surface area contributed by atoms with Gasteiger partial charge in [-0.05, 0) is 18.6 Å². The summed E-state index contributed by atoms with van der Waals surface area (Å²) in [5.74, 6) is 0.617. The number of hydrogen-bond donors (Lipinski definition) is 1. The zero-order chi connectivity index (χ0) is 15.9. The Balaban J connectivity index is 1.84. The lowest BCUT2D eigenvalue weighted by Gasteiger charge is -2.08. The number of pyridine rings is 1. The molecule has 2 aromatic rings.